The quantitative estimate of drug-likeness (QED) is 0.788. The predicted molar refractivity (Wildman–Crippen MR) is 66.7 cm³/mol. The molecule has 1 unspecified atom stereocenters. The molecule has 2 rings (SSSR count). The van der Waals surface area contributed by atoms with Gasteiger partial charge in [-0.05, 0) is 19.3 Å². The van der Waals surface area contributed by atoms with Crippen LogP contribution in [0.1, 0.15) is 39.0 Å². The largest absolute Gasteiger partial charge is 0.383 e. The van der Waals surface area contributed by atoms with Crippen molar-refractivity contribution >= 4 is 0 Å². The summed E-state index contributed by atoms with van der Waals surface area (Å²) in [5, 5.41) is 3.73. The molecule has 1 aliphatic heterocycles. The van der Waals surface area contributed by atoms with Crippen LogP contribution >= 0.6 is 0 Å². The Morgan fingerprint density at radius 1 is 1.38 bits per heavy atom. The number of piperazine rings is 1. The van der Waals surface area contributed by atoms with Crippen molar-refractivity contribution in [2.75, 3.05) is 33.4 Å². The Bertz CT molecular complexity index is 214. The minimum atomic E-state index is 0.463. The van der Waals surface area contributed by atoms with E-state index in [2.05, 4.69) is 17.1 Å². The summed E-state index contributed by atoms with van der Waals surface area (Å²) in [7, 11) is 1.81. The number of nitrogens with one attached hydrogen (secondary N) is 1. The van der Waals surface area contributed by atoms with Crippen molar-refractivity contribution in [1.29, 1.82) is 0 Å². The molecule has 1 saturated carbocycles. The van der Waals surface area contributed by atoms with Gasteiger partial charge in [-0.15, -0.1) is 0 Å². The summed E-state index contributed by atoms with van der Waals surface area (Å²) in [5.41, 5.74) is 0.463. The fourth-order valence-corrected chi connectivity index (χ4v) is 3.30. The van der Waals surface area contributed by atoms with Crippen LogP contribution < -0.4 is 5.32 Å². The van der Waals surface area contributed by atoms with E-state index in [-0.39, 0.29) is 0 Å². The van der Waals surface area contributed by atoms with Gasteiger partial charge in [0.05, 0.1) is 6.61 Å². The number of rotatable bonds is 4. The van der Waals surface area contributed by atoms with E-state index in [0.717, 1.165) is 13.2 Å². The molecule has 1 N–H and O–H groups in total. The van der Waals surface area contributed by atoms with E-state index >= 15 is 0 Å². The fourth-order valence-electron chi connectivity index (χ4n) is 3.30. The number of hydrogen-bond acceptors (Lipinski definition) is 3. The zero-order valence-electron chi connectivity index (χ0n) is 10.8. The van der Waals surface area contributed by atoms with Crippen LogP contribution in [-0.4, -0.2) is 49.8 Å². The molecule has 1 saturated heterocycles. The first-order chi connectivity index (χ1) is 7.80. The molecule has 1 heterocycles. The van der Waals surface area contributed by atoms with Crippen molar-refractivity contribution in [2.24, 2.45) is 0 Å². The van der Waals surface area contributed by atoms with E-state index < -0.39 is 0 Å². The zero-order valence-corrected chi connectivity index (χ0v) is 10.8. The minimum Gasteiger partial charge on any atom is -0.383 e. The standard InChI is InChI=1S/C13H26N2O/c1-3-12-10-15(8-9-16-2)13(11-14-12)6-4-5-7-13/h12,14H,3-11H2,1-2H3. The van der Waals surface area contributed by atoms with Gasteiger partial charge in [-0.25, -0.2) is 0 Å². The van der Waals surface area contributed by atoms with E-state index in [4.69, 9.17) is 4.74 Å². The summed E-state index contributed by atoms with van der Waals surface area (Å²) in [6.45, 7) is 6.65. The third-order valence-corrected chi connectivity index (χ3v) is 4.42. The van der Waals surface area contributed by atoms with Crippen molar-refractivity contribution in [3.8, 4) is 0 Å². The molecule has 3 heteroatoms. The van der Waals surface area contributed by atoms with Crippen LogP contribution in [0.4, 0.5) is 0 Å². The van der Waals surface area contributed by atoms with Crippen molar-refractivity contribution in [3.05, 3.63) is 0 Å². The molecular weight excluding hydrogens is 200 g/mol. The summed E-state index contributed by atoms with van der Waals surface area (Å²) >= 11 is 0. The molecular formula is C13H26N2O. The highest BCUT2D eigenvalue weighted by molar-refractivity contribution is 5.01. The van der Waals surface area contributed by atoms with Gasteiger partial charge in [0.2, 0.25) is 0 Å². The molecule has 0 radical (unpaired) electrons. The average molecular weight is 226 g/mol. The van der Waals surface area contributed by atoms with Crippen LogP contribution in [0.3, 0.4) is 0 Å². The topological polar surface area (TPSA) is 24.5 Å². The Hall–Kier alpha value is -0.120. The Balaban J connectivity index is 1.99. The second kappa shape index (κ2) is 5.48. The molecule has 16 heavy (non-hydrogen) atoms. The van der Waals surface area contributed by atoms with Crippen LogP contribution in [0, 0.1) is 0 Å². The van der Waals surface area contributed by atoms with E-state index in [1.807, 2.05) is 0 Å². The zero-order chi connectivity index (χ0) is 11.4. The molecule has 0 aromatic rings. The van der Waals surface area contributed by atoms with E-state index in [1.165, 1.54) is 45.2 Å². The summed E-state index contributed by atoms with van der Waals surface area (Å²) in [6, 6.07) is 0.683. The monoisotopic (exact) mass is 226 g/mol. The summed E-state index contributed by atoms with van der Waals surface area (Å²) in [5.74, 6) is 0. The highest BCUT2D eigenvalue weighted by Crippen LogP contribution is 2.36. The predicted octanol–water partition coefficient (Wildman–Crippen LogP) is 1.63. The number of nitrogens with zero attached hydrogens (tertiary/aromatic N) is 1. The lowest BCUT2D eigenvalue weighted by Gasteiger charge is -2.48. The molecule has 3 nitrogen and oxygen atoms in total. The van der Waals surface area contributed by atoms with Crippen LogP contribution in [0.5, 0.6) is 0 Å². The lowest BCUT2D eigenvalue weighted by Crippen LogP contribution is -2.63. The van der Waals surface area contributed by atoms with Crippen LogP contribution in [-0.2, 0) is 4.74 Å². The fraction of sp³-hybridized carbons (Fsp3) is 1.00. The molecule has 0 bridgehead atoms. The van der Waals surface area contributed by atoms with Gasteiger partial charge >= 0.3 is 0 Å². The molecule has 1 spiro atoms. The second-order valence-corrected chi connectivity index (χ2v) is 5.36. The van der Waals surface area contributed by atoms with Crippen LogP contribution in [0.25, 0.3) is 0 Å². The summed E-state index contributed by atoms with van der Waals surface area (Å²) < 4.78 is 5.25. The SMILES string of the molecule is CCC1CN(CCOC)C2(CCCC2)CN1. The Morgan fingerprint density at radius 3 is 2.75 bits per heavy atom. The normalized spacial score (nSPS) is 30.0. The van der Waals surface area contributed by atoms with E-state index in [9.17, 15) is 0 Å². The first kappa shape index (κ1) is 12.3. The first-order valence-electron chi connectivity index (χ1n) is 6.78. The minimum absolute atomic E-state index is 0.463. The molecule has 94 valence electrons. The Kier molecular flexibility index (Phi) is 4.22. The van der Waals surface area contributed by atoms with Crippen molar-refractivity contribution in [3.63, 3.8) is 0 Å². The van der Waals surface area contributed by atoms with Crippen molar-refractivity contribution in [2.45, 2.75) is 50.6 Å². The lowest BCUT2D eigenvalue weighted by molar-refractivity contribution is 0.0211. The Labute approximate surface area is 99.5 Å². The lowest BCUT2D eigenvalue weighted by atomic mass is 9.90. The van der Waals surface area contributed by atoms with Gasteiger partial charge in [0.15, 0.2) is 0 Å². The number of hydrogen-bond donors (Lipinski definition) is 1. The molecule has 2 aliphatic rings. The third-order valence-electron chi connectivity index (χ3n) is 4.42. The van der Waals surface area contributed by atoms with Gasteiger partial charge in [0.25, 0.3) is 0 Å². The molecule has 1 atom stereocenters. The average Bonchev–Trinajstić information content (AvgIpc) is 2.78. The third kappa shape index (κ3) is 2.41. The molecule has 2 fully saturated rings. The summed E-state index contributed by atoms with van der Waals surface area (Å²) in [4.78, 5) is 2.70. The van der Waals surface area contributed by atoms with Gasteiger partial charge in [-0.1, -0.05) is 19.8 Å². The van der Waals surface area contributed by atoms with Crippen molar-refractivity contribution < 1.29 is 4.74 Å². The number of methoxy groups -OCH3 is 1. The van der Waals surface area contributed by atoms with E-state index in [1.54, 1.807) is 7.11 Å². The van der Waals surface area contributed by atoms with E-state index in [0.29, 0.717) is 11.6 Å². The summed E-state index contributed by atoms with van der Waals surface area (Å²) in [6.07, 6.45) is 6.80. The van der Waals surface area contributed by atoms with Gasteiger partial charge < -0.3 is 10.1 Å². The maximum absolute atomic E-state index is 5.25. The molecule has 0 aromatic heterocycles. The van der Waals surface area contributed by atoms with Gasteiger partial charge in [0, 0.05) is 38.3 Å². The van der Waals surface area contributed by atoms with Crippen molar-refractivity contribution in [1.82, 2.24) is 10.2 Å². The maximum Gasteiger partial charge on any atom is 0.0589 e. The van der Waals surface area contributed by atoms with Crippen LogP contribution in [0.2, 0.25) is 0 Å². The molecule has 1 aliphatic carbocycles. The van der Waals surface area contributed by atoms with Gasteiger partial charge in [-0.3, -0.25) is 4.90 Å². The first-order valence-corrected chi connectivity index (χ1v) is 6.78. The van der Waals surface area contributed by atoms with Crippen LogP contribution in [0.15, 0.2) is 0 Å². The highest BCUT2D eigenvalue weighted by atomic mass is 16.5. The number of ether oxygens (including phenoxy) is 1. The van der Waals surface area contributed by atoms with Gasteiger partial charge in [-0.2, -0.15) is 0 Å². The second-order valence-electron chi connectivity index (χ2n) is 5.36. The van der Waals surface area contributed by atoms with Gasteiger partial charge in [0.1, 0.15) is 0 Å². The molecule has 0 amide bonds. The highest BCUT2D eigenvalue weighted by Gasteiger charge is 2.42. The molecule has 0 aromatic carbocycles. The maximum atomic E-state index is 5.25. The smallest absolute Gasteiger partial charge is 0.0589 e. The Morgan fingerprint density at radius 2 is 2.12 bits per heavy atom.